The van der Waals surface area contributed by atoms with Crippen molar-refractivity contribution in [2.24, 2.45) is 0 Å². The smallest absolute Gasteiger partial charge is 0.0549 e. The molecule has 0 aliphatic heterocycles. The van der Waals surface area contributed by atoms with Gasteiger partial charge in [0, 0.05) is 36.5 Å². The number of benzene rings is 5. The van der Waals surface area contributed by atoms with Gasteiger partial charge in [0.25, 0.3) is 0 Å². The highest BCUT2D eigenvalue weighted by Crippen LogP contribution is 2.55. The van der Waals surface area contributed by atoms with E-state index in [9.17, 15) is 0 Å². The number of nitrogens with zero attached hydrogens (tertiary/aromatic N) is 1. The van der Waals surface area contributed by atoms with Gasteiger partial charge in [0.15, 0.2) is 0 Å². The number of thiophene rings is 1. The van der Waals surface area contributed by atoms with Gasteiger partial charge < -0.3 is 4.90 Å². The summed E-state index contributed by atoms with van der Waals surface area (Å²) in [4.78, 5) is 2.37. The Labute approximate surface area is 337 Å². The van der Waals surface area contributed by atoms with Crippen LogP contribution in [0.4, 0.5) is 11.4 Å². The first-order chi connectivity index (χ1) is 27.1. The van der Waals surface area contributed by atoms with E-state index in [-0.39, 0.29) is 5.41 Å². The van der Waals surface area contributed by atoms with Crippen LogP contribution in [0.25, 0.3) is 62.3 Å². The Kier molecular flexibility index (Phi) is 10.5. The molecular formula is C54H51NS. The molecule has 0 unspecified atom stereocenters. The Hall–Kier alpha value is -5.96. The summed E-state index contributed by atoms with van der Waals surface area (Å²) in [6.45, 7) is 35.4. The SMILES string of the molecule is C=C/C(=C(C)\C=C/C)c1cccc(-c2ccc3c(c2)C(C)(C)c2cc(N(/C(C=C)=c4/c(=C)sc5ccccc45)c4ccccc4C)c(C=C)c(C=C)c2-3)c1CC. The maximum absolute atomic E-state index is 4.56. The minimum absolute atomic E-state index is 0.316. The van der Waals surface area contributed by atoms with Crippen LogP contribution < -0.4 is 14.7 Å². The zero-order chi connectivity index (χ0) is 39.9. The fourth-order valence-corrected chi connectivity index (χ4v) is 9.90. The quantitative estimate of drug-likeness (QED) is 0.119. The number of aryl methyl sites for hydroxylation is 1. The summed E-state index contributed by atoms with van der Waals surface area (Å²) in [6, 6.07) is 33.3. The fourth-order valence-electron chi connectivity index (χ4n) is 8.89. The summed E-state index contributed by atoms with van der Waals surface area (Å²) in [6.07, 6.45) is 13.2. The first kappa shape index (κ1) is 38.3. The molecule has 0 saturated carbocycles. The van der Waals surface area contributed by atoms with Crippen LogP contribution in [0.1, 0.15) is 73.6 Å². The molecule has 6 aromatic rings. The highest BCUT2D eigenvalue weighted by atomic mass is 32.1. The predicted molar refractivity (Wildman–Crippen MR) is 250 cm³/mol. The van der Waals surface area contributed by atoms with Gasteiger partial charge in [0.1, 0.15) is 0 Å². The van der Waals surface area contributed by atoms with Crippen LogP contribution >= 0.6 is 11.3 Å². The maximum atomic E-state index is 4.56. The Balaban J connectivity index is 1.51. The van der Waals surface area contributed by atoms with E-state index in [1.54, 1.807) is 11.3 Å². The molecule has 0 N–H and O–H groups in total. The van der Waals surface area contributed by atoms with Crippen molar-refractivity contribution in [2.75, 3.05) is 4.90 Å². The highest BCUT2D eigenvalue weighted by Gasteiger charge is 2.39. The third-order valence-corrected chi connectivity index (χ3v) is 12.6. The number of hydrogen-bond donors (Lipinski definition) is 0. The van der Waals surface area contributed by atoms with Crippen molar-refractivity contribution in [3.05, 3.63) is 196 Å². The van der Waals surface area contributed by atoms with Crippen molar-refractivity contribution < 1.29 is 0 Å². The van der Waals surface area contributed by atoms with Crippen molar-refractivity contribution >= 4 is 62.8 Å². The molecule has 1 aliphatic rings. The summed E-state index contributed by atoms with van der Waals surface area (Å²) in [5, 5.41) is 2.26. The van der Waals surface area contributed by atoms with Crippen LogP contribution in [0.2, 0.25) is 0 Å². The average Bonchev–Trinajstić information content (AvgIpc) is 3.65. The Bertz CT molecular complexity index is 2780. The van der Waals surface area contributed by atoms with E-state index in [0.717, 1.165) is 49.9 Å². The number of hydrogen-bond acceptors (Lipinski definition) is 2. The van der Waals surface area contributed by atoms with E-state index in [1.807, 2.05) is 24.3 Å². The van der Waals surface area contributed by atoms with Crippen molar-refractivity contribution in [2.45, 2.75) is 53.4 Å². The molecule has 0 atom stereocenters. The van der Waals surface area contributed by atoms with Crippen molar-refractivity contribution in [1.82, 2.24) is 0 Å². The minimum atomic E-state index is -0.316. The normalized spacial score (nSPS) is 13.9. The van der Waals surface area contributed by atoms with E-state index in [2.05, 4.69) is 182 Å². The van der Waals surface area contributed by atoms with Gasteiger partial charge >= 0.3 is 0 Å². The molecule has 2 heteroatoms. The molecular weight excluding hydrogens is 695 g/mol. The van der Waals surface area contributed by atoms with E-state index in [0.29, 0.717) is 0 Å². The molecule has 0 spiro atoms. The first-order valence-corrected chi connectivity index (χ1v) is 20.3. The summed E-state index contributed by atoms with van der Waals surface area (Å²) in [5.74, 6) is 0. The van der Waals surface area contributed by atoms with Gasteiger partial charge in [-0.2, -0.15) is 0 Å². The minimum Gasteiger partial charge on any atom is -0.309 e. The van der Waals surface area contributed by atoms with E-state index in [4.69, 9.17) is 0 Å². The average molecular weight is 746 g/mol. The lowest BCUT2D eigenvalue weighted by Crippen LogP contribution is -2.29. The molecule has 0 saturated heterocycles. The number of allylic oxidation sites excluding steroid dienone is 5. The standard InChI is InChI=1S/C54H51NS/c1-12-23-34(7)38(13-2)43-27-22-26-42(39(43)14-3)37-30-31-44-46(32-37)54(10,11)47-33-50(40(15-4)41(16-5)53(44)47)55(49-28-20-18-24-35(49)8)48(17-6)52-36(9)56-51-29-21-19-25-45(51)52/h12-13,15-33H,2,4-6,9,14H2,1,3,7-8,10-11H3/b23-12-,38-34+,52-48-. The molecule has 278 valence electrons. The number of para-hydroxylation sites is 1. The van der Waals surface area contributed by atoms with Crippen molar-refractivity contribution in [1.29, 1.82) is 0 Å². The Morgan fingerprint density at radius 2 is 1.52 bits per heavy atom. The number of anilines is 2. The lowest BCUT2D eigenvalue weighted by Gasteiger charge is -2.32. The molecule has 1 aromatic heterocycles. The summed E-state index contributed by atoms with van der Waals surface area (Å²) < 4.78 is 2.21. The molecule has 1 nitrogen and oxygen atoms in total. The third-order valence-electron chi connectivity index (χ3n) is 11.6. The van der Waals surface area contributed by atoms with Gasteiger partial charge in [-0.25, -0.2) is 0 Å². The topological polar surface area (TPSA) is 3.24 Å². The van der Waals surface area contributed by atoms with E-state index in [1.165, 1.54) is 65.7 Å². The van der Waals surface area contributed by atoms with Crippen LogP contribution in [-0.4, -0.2) is 0 Å². The van der Waals surface area contributed by atoms with Crippen LogP contribution in [0, 0.1) is 6.92 Å². The zero-order valence-electron chi connectivity index (χ0n) is 33.7. The monoisotopic (exact) mass is 745 g/mol. The van der Waals surface area contributed by atoms with Crippen LogP contribution in [0.5, 0.6) is 0 Å². The largest absolute Gasteiger partial charge is 0.309 e. The second kappa shape index (κ2) is 15.3. The molecule has 5 aromatic carbocycles. The lowest BCUT2D eigenvalue weighted by molar-refractivity contribution is 0.660. The molecule has 7 rings (SSSR count). The summed E-state index contributed by atoms with van der Waals surface area (Å²) in [5.41, 5.74) is 18.5. The van der Waals surface area contributed by atoms with Crippen molar-refractivity contribution in [3.63, 3.8) is 0 Å². The second-order valence-electron chi connectivity index (χ2n) is 15.0. The van der Waals surface area contributed by atoms with Gasteiger partial charge in [-0.1, -0.05) is 151 Å². The molecule has 1 aliphatic carbocycles. The van der Waals surface area contributed by atoms with Crippen molar-refractivity contribution in [3.8, 4) is 22.3 Å². The van der Waals surface area contributed by atoms with Crippen LogP contribution in [0.3, 0.4) is 0 Å². The van der Waals surface area contributed by atoms with E-state index < -0.39 is 0 Å². The highest BCUT2D eigenvalue weighted by molar-refractivity contribution is 7.17. The Morgan fingerprint density at radius 1 is 0.786 bits per heavy atom. The van der Waals surface area contributed by atoms with Gasteiger partial charge in [-0.15, -0.1) is 11.3 Å². The zero-order valence-corrected chi connectivity index (χ0v) is 34.5. The van der Waals surface area contributed by atoms with Crippen LogP contribution in [-0.2, 0) is 11.8 Å². The van der Waals surface area contributed by atoms with E-state index >= 15 is 0 Å². The second-order valence-corrected chi connectivity index (χ2v) is 16.2. The Morgan fingerprint density at radius 3 is 2.20 bits per heavy atom. The number of rotatable bonds is 11. The number of fused-ring (bicyclic) bond motifs is 4. The molecule has 1 heterocycles. The lowest BCUT2D eigenvalue weighted by atomic mass is 9.80. The molecule has 0 fully saturated rings. The first-order valence-electron chi connectivity index (χ1n) is 19.4. The van der Waals surface area contributed by atoms with Gasteiger partial charge in [0.05, 0.1) is 11.4 Å². The molecule has 0 amide bonds. The predicted octanol–water partition coefficient (Wildman–Crippen LogP) is 14.1. The van der Waals surface area contributed by atoms with Gasteiger partial charge in [-0.3, -0.25) is 0 Å². The maximum Gasteiger partial charge on any atom is 0.0549 e. The summed E-state index contributed by atoms with van der Waals surface area (Å²) in [7, 11) is 0. The molecule has 0 bridgehead atoms. The molecule has 0 radical (unpaired) electrons. The van der Waals surface area contributed by atoms with Gasteiger partial charge in [0.2, 0.25) is 0 Å². The van der Waals surface area contributed by atoms with Gasteiger partial charge in [-0.05, 0) is 124 Å². The molecule has 56 heavy (non-hydrogen) atoms. The summed E-state index contributed by atoms with van der Waals surface area (Å²) >= 11 is 1.72. The fraction of sp³-hybridized carbons (Fsp3) is 0.148. The van der Waals surface area contributed by atoms with Crippen LogP contribution in [0.15, 0.2) is 147 Å². The third kappa shape index (κ3) is 6.10.